The van der Waals surface area contributed by atoms with E-state index in [1.165, 1.54) is 29.5 Å². The van der Waals surface area contributed by atoms with Crippen molar-refractivity contribution in [3.05, 3.63) is 112 Å². The van der Waals surface area contributed by atoms with Gasteiger partial charge in [-0.1, -0.05) is 72.3 Å². The van der Waals surface area contributed by atoms with E-state index in [2.05, 4.69) is 66.4 Å². The number of carbonyl (C=O) groups is 1. The molecular formula is C34H38ClNO3S. The predicted molar refractivity (Wildman–Crippen MR) is 167 cm³/mol. The van der Waals surface area contributed by atoms with E-state index in [9.17, 15) is 5.11 Å². The molecule has 0 aliphatic heterocycles. The second kappa shape index (κ2) is 13.7. The number of carboxylic acid groups (broad SMARTS) is 1. The van der Waals surface area contributed by atoms with Crippen molar-refractivity contribution in [1.82, 2.24) is 4.98 Å². The molecule has 2 N–H and O–H groups in total. The van der Waals surface area contributed by atoms with E-state index in [1.807, 2.05) is 38.1 Å². The summed E-state index contributed by atoms with van der Waals surface area (Å²) in [6, 6.07) is 27.6. The van der Waals surface area contributed by atoms with Gasteiger partial charge in [-0.3, -0.25) is 9.78 Å². The monoisotopic (exact) mass is 575 g/mol. The van der Waals surface area contributed by atoms with Gasteiger partial charge in [-0.25, -0.2) is 0 Å². The summed E-state index contributed by atoms with van der Waals surface area (Å²) in [5, 5.41) is 21.2. The van der Waals surface area contributed by atoms with Crippen molar-refractivity contribution in [3.63, 3.8) is 0 Å². The number of thioether (sulfide) groups is 1. The molecule has 1 saturated carbocycles. The lowest BCUT2D eigenvalue weighted by molar-refractivity contribution is -0.134. The smallest absolute Gasteiger partial charge is 0.300 e. The molecule has 1 fully saturated rings. The Morgan fingerprint density at radius 2 is 1.73 bits per heavy atom. The highest BCUT2D eigenvalue weighted by molar-refractivity contribution is 8.00. The maximum Gasteiger partial charge on any atom is 0.300 e. The van der Waals surface area contributed by atoms with Crippen molar-refractivity contribution < 1.29 is 15.0 Å². The number of rotatable bonds is 10. The Balaban J connectivity index is 0.000000867. The lowest BCUT2D eigenvalue weighted by Crippen LogP contribution is -2.18. The largest absolute Gasteiger partial charge is 0.481 e. The first kappa shape index (κ1) is 30.1. The second-order valence-corrected chi connectivity index (χ2v) is 12.9. The molecule has 0 spiro atoms. The number of carboxylic acids is 1. The Bertz CT molecular complexity index is 1440. The molecule has 0 bridgehead atoms. The number of benzene rings is 3. The molecule has 40 heavy (non-hydrogen) atoms. The maximum atomic E-state index is 10.7. The van der Waals surface area contributed by atoms with Gasteiger partial charge >= 0.3 is 0 Å². The quantitative estimate of drug-likeness (QED) is 0.198. The molecule has 3 aromatic carbocycles. The molecule has 1 aromatic heterocycles. The lowest BCUT2D eigenvalue weighted by Gasteiger charge is -2.23. The van der Waals surface area contributed by atoms with E-state index >= 15 is 0 Å². The summed E-state index contributed by atoms with van der Waals surface area (Å²) in [6.45, 7) is 4.84. The van der Waals surface area contributed by atoms with Gasteiger partial charge in [0.15, 0.2) is 0 Å². The van der Waals surface area contributed by atoms with Crippen LogP contribution in [0, 0.1) is 0 Å². The van der Waals surface area contributed by atoms with E-state index in [-0.39, 0.29) is 0 Å². The van der Waals surface area contributed by atoms with E-state index in [0.29, 0.717) is 5.25 Å². The lowest BCUT2D eigenvalue weighted by atomic mass is 9.90. The minimum Gasteiger partial charge on any atom is -0.481 e. The number of aryl methyl sites for hydroxylation is 3. The molecule has 5 rings (SSSR count). The zero-order valence-corrected chi connectivity index (χ0v) is 25.0. The minimum atomic E-state index is -0.833. The Hall–Kier alpha value is -2.86. The van der Waals surface area contributed by atoms with Crippen molar-refractivity contribution in [1.29, 1.82) is 0 Å². The number of hydrogen-bond donors (Lipinski definition) is 2. The molecule has 0 radical (unpaired) electrons. The SMILES string of the molecule is CC(=O)O.CC(C)(O)c1ccccc1CCC(SC1CC1)c1cccc(CCc2ccc3ccc(Cl)cc3n2)c1. The molecule has 1 heterocycles. The minimum absolute atomic E-state index is 0.466. The zero-order chi connectivity index (χ0) is 28.7. The molecule has 1 atom stereocenters. The maximum absolute atomic E-state index is 10.7. The van der Waals surface area contributed by atoms with E-state index in [4.69, 9.17) is 26.5 Å². The van der Waals surface area contributed by atoms with Crippen LogP contribution in [0.1, 0.15) is 73.2 Å². The van der Waals surface area contributed by atoms with Crippen molar-refractivity contribution in [2.45, 2.75) is 75.4 Å². The van der Waals surface area contributed by atoms with Crippen LogP contribution < -0.4 is 0 Å². The third-order valence-corrected chi connectivity index (χ3v) is 8.87. The molecule has 1 aliphatic rings. The second-order valence-electron chi connectivity index (χ2n) is 11.0. The number of nitrogens with zero attached hydrogens (tertiary/aromatic N) is 1. The summed E-state index contributed by atoms with van der Waals surface area (Å²) in [5.41, 5.74) is 6.31. The normalized spacial score (nSPS) is 13.9. The third kappa shape index (κ3) is 9.09. The molecular weight excluding hydrogens is 538 g/mol. The Labute approximate surface area is 246 Å². The standard InChI is InChI=1S/C32H34ClNOS.C2H4O2/c1-32(2,35)29-9-4-3-7-23(29)13-19-31(36-28-17-18-28)25-8-5-6-22(20-25)10-15-27-16-12-24-11-14-26(33)21-30(24)34-27;1-2(3)4/h3-9,11-12,14,16,20-21,28,31,35H,10,13,15,17-19H2,1-2H3;1H3,(H,3,4). The molecule has 1 unspecified atom stereocenters. The molecule has 210 valence electrons. The van der Waals surface area contributed by atoms with Crippen LogP contribution in [0.2, 0.25) is 5.02 Å². The van der Waals surface area contributed by atoms with Gasteiger partial charge < -0.3 is 10.2 Å². The number of hydrogen-bond acceptors (Lipinski definition) is 4. The number of aliphatic carboxylic acids is 1. The van der Waals surface area contributed by atoms with Crippen molar-refractivity contribution in [2.24, 2.45) is 0 Å². The van der Waals surface area contributed by atoms with Gasteiger partial charge in [0.25, 0.3) is 5.97 Å². The summed E-state index contributed by atoms with van der Waals surface area (Å²) >= 11 is 8.31. The molecule has 4 nitrogen and oxygen atoms in total. The fourth-order valence-electron chi connectivity index (χ4n) is 4.86. The van der Waals surface area contributed by atoms with Crippen molar-refractivity contribution in [3.8, 4) is 0 Å². The number of aliphatic hydroxyl groups is 1. The Kier molecular flexibility index (Phi) is 10.3. The van der Waals surface area contributed by atoms with Gasteiger partial charge in [0.1, 0.15) is 0 Å². The van der Waals surface area contributed by atoms with Gasteiger partial charge in [-0.05, 0) is 92.8 Å². The topological polar surface area (TPSA) is 70.4 Å². The van der Waals surface area contributed by atoms with Gasteiger partial charge in [-0.15, -0.1) is 0 Å². The summed E-state index contributed by atoms with van der Waals surface area (Å²) < 4.78 is 0. The number of aromatic nitrogens is 1. The van der Waals surface area contributed by atoms with Crippen LogP contribution in [-0.4, -0.2) is 26.4 Å². The fourth-order valence-corrected chi connectivity index (χ4v) is 6.46. The molecule has 4 aromatic rings. The molecule has 0 saturated heterocycles. The van der Waals surface area contributed by atoms with Crippen LogP contribution in [0.5, 0.6) is 0 Å². The van der Waals surface area contributed by atoms with Crippen LogP contribution in [0.4, 0.5) is 0 Å². The number of fused-ring (bicyclic) bond motifs is 1. The Morgan fingerprint density at radius 3 is 2.45 bits per heavy atom. The van der Waals surface area contributed by atoms with E-state index < -0.39 is 11.6 Å². The number of pyridine rings is 1. The summed E-state index contributed by atoms with van der Waals surface area (Å²) in [5.74, 6) is -0.833. The zero-order valence-electron chi connectivity index (χ0n) is 23.4. The predicted octanol–water partition coefficient (Wildman–Crippen LogP) is 8.56. The van der Waals surface area contributed by atoms with Crippen LogP contribution in [0.25, 0.3) is 10.9 Å². The highest BCUT2D eigenvalue weighted by Crippen LogP contribution is 2.45. The van der Waals surface area contributed by atoms with Crippen LogP contribution in [0.15, 0.2) is 78.9 Å². The van der Waals surface area contributed by atoms with Gasteiger partial charge in [0.05, 0.1) is 11.1 Å². The molecule has 0 amide bonds. The molecule has 1 aliphatic carbocycles. The first-order chi connectivity index (χ1) is 19.1. The van der Waals surface area contributed by atoms with Crippen LogP contribution >= 0.6 is 23.4 Å². The van der Waals surface area contributed by atoms with E-state index in [1.54, 1.807) is 0 Å². The van der Waals surface area contributed by atoms with Crippen molar-refractivity contribution >= 4 is 40.2 Å². The van der Waals surface area contributed by atoms with Crippen LogP contribution in [-0.2, 0) is 29.7 Å². The third-order valence-electron chi connectivity index (χ3n) is 6.94. The first-order valence-corrected chi connectivity index (χ1v) is 15.2. The average molecular weight is 576 g/mol. The first-order valence-electron chi connectivity index (χ1n) is 13.9. The van der Waals surface area contributed by atoms with Gasteiger partial charge in [0.2, 0.25) is 0 Å². The van der Waals surface area contributed by atoms with Crippen molar-refractivity contribution in [2.75, 3.05) is 0 Å². The Morgan fingerprint density at radius 1 is 1.00 bits per heavy atom. The molecule has 6 heteroatoms. The average Bonchev–Trinajstić information content (AvgIpc) is 3.73. The van der Waals surface area contributed by atoms with Gasteiger partial charge in [-0.2, -0.15) is 11.8 Å². The number of halogens is 1. The van der Waals surface area contributed by atoms with E-state index in [0.717, 1.165) is 65.0 Å². The highest BCUT2D eigenvalue weighted by atomic mass is 35.5. The summed E-state index contributed by atoms with van der Waals surface area (Å²) in [7, 11) is 0. The van der Waals surface area contributed by atoms with Crippen LogP contribution in [0.3, 0.4) is 0 Å². The van der Waals surface area contributed by atoms with Gasteiger partial charge in [0, 0.05) is 33.5 Å². The highest BCUT2D eigenvalue weighted by Gasteiger charge is 2.28. The summed E-state index contributed by atoms with van der Waals surface area (Å²) in [6.07, 6.45) is 6.58. The fraction of sp³-hybridized carbons (Fsp3) is 0.353. The summed E-state index contributed by atoms with van der Waals surface area (Å²) in [4.78, 5) is 13.8.